The molecule has 1 aliphatic rings. The quantitative estimate of drug-likeness (QED) is 0.810. The first kappa shape index (κ1) is 19.6. The van der Waals surface area contributed by atoms with Crippen molar-refractivity contribution in [2.24, 2.45) is 0 Å². The van der Waals surface area contributed by atoms with Crippen molar-refractivity contribution >= 4 is 23.4 Å². The lowest BCUT2D eigenvalue weighted by atomic mass is 10.1. The van der Waals surface area contributed by atoms with Crippen molar-refractivity contribution in [2.75, 3.05) is 5.32 Å². The first-order valence-electron chi connectivity index (χ1n) is 9.45. The molecule has 3 amide bonds. The minimum absolute atomic E-state index is 0.0397. The smallest absolute Gasteiger partial charge is 0.246 e. The first-order valence-corrected chi connectivity index (χ1v) is 9.45. The number of benzene rings is 2. The predicted molar refractivity (Wildman–Crippen MR) is 107 cm³/mol. The molecule has 1 heterocycles. The molecule has 0 aliphatic carbocycles. The summed E-state index contributed by atoms with van der Waals surface area (Å²) < 4.78 is 0. The van der Waals surface area contributed by atoms with Crippen LogP contribution in [0.2, 0.25) is 0 Å². The van der Waals surface area contributed by atoms with Gasteiger partial charge in [0.25, 0.3) is 0 Å². The fraction of sp³-hybridized carbons (Fsp3) is 0.318. The van der Waals surface area contributed by atoms with Crippen molar-refractivity contribution in [1.29, 1.82) is 0 Å². The zero-order valence-corrected chi connectivity index (χ0v) is 16.1. The van der Waals surface area contributed by atoms with Gasteiger partial charge < -0.3 is 15.5 Å². The van der Waals surface area contributed by atoms with Gasteiger partial charge in [-0.25, -0.2) is 0 Å². The normalized spacial score (nSPS) is 17.3. The van der Waals surface area contributed by atoms with Crippen LogP contribution < -0.4 is 10.6 Å². The van der Waals surface area contributed by atoms with Crippen LogP contribution in [0.15, 0.2) is 54.6 Å². The number of rotatable bonds is 6. The molecule has 1 fully saturated rings. The standard InChI is InChI=1S/C22H25N3O3/c1-15-8-10-17(11-9-15)14-25-19(12-13-20(25)26)22(28)23-16(2)21(27)24-18-6-4-3-5-7-18/h3-11,16,19H,12-14H2,1-2H3,(H,23,28)(H,24,27). The zero-order chi connectivity index (χ0) is 20.1. The number of carbonyl (C=O) groups is 3. The van der Waals surface area contributed by atoms with Gasteiger partial charge in [0.15, 0.2) is 0 Å². The lowest BCUT2D eigenvalue weighted by Gasteiger charge is -2.25. The summed E-state index contributed by atoms with van der Waals surface area (Å²) in [6.07, 6.45) is 0.804. The molecule has 0 aromatic heterocycles. The molecular formula is C22H25N3O3. The molecule has 2 atom stereocenters. The molecule has 0 spiro atoms. The van der Waals surface area contributed by atoms with E-state index in [-0.39, 0.29) is 17.7 Å². The molecule has 28 heavy (non-hydrogen) atoms. The Morgan fingerprint density at radius 3 is 2.46 bits per heavy atom. The van der Waals surface area contributed by atoms with Crippen LogP contribution in [0.3, 0.4) is 0 Å². The summed E-state index contributed by atoms with van der Waals surface area (Å²) in [7, 11) is 0. The Morgan fingerprint density at radius 2 is 1.79 bits per heavy atom. The summed E-state index contributed by atoms with van der Waals surface area (Å²) in [6, 6.07) is 15.7. The SMILES string of the molecule is Cc1ccc(CN2C(=O)CCC2C(=O)NC(C)C(=O)Nc2ccccc2)cc1. The zero-order valence-electron chi connectivity index (χ0n) is 16.1. The second kappa shape index (κ2) is 8.69. The second-order valence-corrected chi connectivity index (χ2v) is 7.15. The molecule has 1 aliphatic heterocycles. The Labute approximate surface area is 164 Å². The molecule has 6 heteroatoms. The van der Waals surface area contributed by atoms with E-state index in [1.807, 2.05) is 49.4 Å². The van der Waals surface area contributed by atoms with E-state index in [1.54, 1.807) is 24.0 Å². The van der Waals surface area contributed by atoms with E-state index in [1.165, 1.54) is 0 Å². The lowest BCUT2D eigenvalue weighted by Crippen LogP contribution is -2.50. The lowest BCUT2D eigenvalue weighted by molar-refractivity contribution is -0.136. The van der Waals surface area contributed by atoms with E-state index in [4.69, 9.17) is 0 Å². The van der Waals surface area contributed by atoms with Crippen molar-refractivity contribution in [2.45, 2.75) is 45.3 Å². The monoisotopic (exact) mass is 379 g/mol. The molecule has 2 N–H and O–H groups in total. The van der Waals surface area contributed by atoms with Crippen LogP contribution in [0.5, 0.6) is 0 Å². The van der Waals surface area contributed by atoms with E-state index in [0.29, 0.717) is 25.1 Å². The number of carbonyl (C=O) groups excluding carboxylic acids is 3. The Morgan fingerprint density at radius 1 is 1.11 bits per heavy atom. The number of aryl methyl sites for hydroxylation is 1. The molecule has 0 bridgehead atoms. The van der Waals surface area contributed by atoms with Crippen LogP contribution in [-0.4, -0.2) is 34.7 Å². The Hall–Kier alpha value is -3.15. The maximum absolute atomic E-state index is 12.7. The Kier molecular flexibility index (Phi) is 6.09. The number of nitrogens with zero attached hydrogens (tertiary/aromatic N) is 1. The van der Waals surface area contributed by atoms with Gasteiger partial charge in [0, 0.05) is 18.7 Å². The van der Waals surface area contributed by atoms with E-state index in [2.05, 4.69) is 10.6 Å². The highest BCUT2D eigenvalue weighted by Gasteiger charge is 2.36. The van der Waals surface area contributed by atoms with Gasteiger partial charge in [-0.15, -0.1) is 0 Å². The molecule has 2 unspecified atom stereocenters. The summed E-state index contributed by atoms with van der Waals surface area (Å²) in [6.45, 7) is 4.03. The van der Waals surface area contributed by atoms with Gasteiger partial charge >= 0.3 is 0 Å². The van der Waals surface area contributed by atoms with Gasteiger partial charge in [-0.1, -0.05) is 48.0 Å². The minimum atomic E-state index is -0.704. The highest BCUT2D eigenvalue weighted by molar-refractivity contribution is 5.98. The molecular weight excluding hydrogens is 354 g/mol. The number of hydrogen-bond donors (Lipinski definition) is 2. The maximum Gasteiger partial charge on any atom is 0.246 e. The Bertz CT molecular complexity index is 849. The van der Waals surface area contributed by atoms with Crippen LogP contribution >= 0.6 is 0 Å². The average Bonchev–Trinajstić information content (AvgIpc) is 3.05. The van der Waals surface area contributed by atoms with Crippen molar-refractivity contribution in [3.8, 4) is 0 Å². The highest BCUT2D eigenvalue weighted by Crippen LogP contribution is 2.22. The summed E-state index contributed by atoms with van der Waals surface area (Å²) in [5, 5.41) is 5.51. The predicted octanol–water partition coefficient (Wildman–Crippen LogP) is 2.63. The number of likely N-dealkylation sites (tertiary alicyclic amines) is 1. The molecule has 2 aromatic rings. The van der Waals surface area contributed by atoms with Crippen LogP contribution in [0.4, 0.5) is 5.69 Å². The summed E-state index contributed by atoms with van der Waals surface area (Å²) in [4.78, 5) is 38.9. The van der Waals surface area contributed by atoms with Gasteiger partial charge in [-0.2, -0.15) is 0 Å². The summed E-state index contributed by atoms with van der Waals surface area (Å²) in [5.41, 5.74) is 2.79. The van der Waals surface area contributed by atoms with E-state index in [9.17, 15) is 14.4 Å². The van der Waals surface area contributed by atoms with Gasteiger partial charge in [0.1, 0.15) is 12.1 Å². The molecule has 1 saturated heterocycles. The number of hydrogen-bond acceptors (Lipinski definition) is 3. The molecule has 0 radical (unpaired) electrons. The molecule has 0 saturated carbocycles. The molecule has 2 aromatic carbocycles. The van der Waals surface area contributed by atoms with Gasteiger partial charge in [-0.05, 0) is 38.0 Å². The fourth-order valence-corrected chi connectivity index (χ4v) is 3.24. The highest BCUT2D eigenvalue weighted by atomic mass is 16.2. The van der Waals surface area contributed by atoms with Crippen LogP contribution in [0.1, 0.15) is 30.9 Å². The fourth-order valence-electron chi connectivity index (χ4n) is 3.24. The van der Waals surface area contributed by atoms with E-state index in [0.717, 1.165) is 11.1 Å². The number of amides is 3. The van der Waals surface area contributed by atoms with Crippen molar-refractivity contribution in [3.63, 3.8) is 0 Å². The van der Waals surface area contributed by atoms with Crippen LogP contribution in [-0.2, 0) is 20.9 Å². The first-order chi connectivity index (χ1) is 13.4. The Balaban J connectivity index is 1.60. The average molecular weight is 379 g/mol. The van der Waals surface area contributed by atoms with E-state index >= 15 is 0 Å². The third kappa shape index (κ3) is 4.76. The van der Waals surface area contributed by atoms with E-state index < -0.39 is 12.1 Å². The number of anilines is 1. The number of nitrogens with one attached hydrogen (secondary N) is 2. The van der Waals surface area contributed by atoms with Gasteiger partial charge in [0.2, 0.25) is 17.7 Å². The number of para-hydroxylation sites is 1. The van der Waals surface area contributed by atoms with Crippen LogP contribution in [0.25, 0.3) is 0 Å². The third-order valence-corrected chi connectivity index (χ3v) is 4.90. The summed E-state index contributed by atoms with van der Waals surface area (Å²) >= 11 is 0. The van der Waals surface area contributed by atoms with Crippen LogP contribution in [0, 0.1) is 6.92 Å². The second-order valence-electron chi connectivity index (χ2n) is 7.15. The van der Waals surface area contributed by atoms with Crippen molar-refractivity contribution in [1.82, 2.24) is 10.2 Å². The molecule has 6 nitrogen and oxygen atoms in total. The van der Waals surface area contributed by atoms with Gasteiger partial charge in [0.05, 0.1) is 0 Å². The van der Waals surface area contributed by atoms with Crippen molar-refractivity contribution in [3.05, 3.63) is 65.7 Å². The molecule has 3 rings (SSSR count). The third-order valence-electron chi connectivity index (χ3n) is 4.90. The molecule has 146 valence electrons. The van der Waals surface area contributed by atoms with Gasteiger partial charge in [-0.3, -0.25) is 14.4 Å². The maximum atomic E-state index is 12.7. The summed E-state index contributed by atoms with van der Waals surface area (Å²) in [5.74, 6) is -0.634. The minimum Gasteiger partial charge on any atom is -0.343 e. The van der Waals surface area contributed by atoms with Crippen molar-refractivity contribution < 1.29 is 14.4 Å². The largest absolute Gasteiger partial charge is 0.343 e. The topological polar surface area (TPSA) is 78.5 Å².